The Balaban J connectivity index is 2.66. The molecule has 2 rings (SSSR count). The van der Waals surface area contributed by atoms with Gasteiger partial charge in [0.25, 0.3) is 0 Å². The standard InChI is InChI=1S/C16H14F6N2O2S/c1-3-27(25,26)13-8-10(16(20,21)22)4-5-11(13)12-9-23-14(24(12)2)6-7-15(17,18)19/h4-9H,3H2,1-2H3/b7-6+. The number of alkyl halides is 6. The first kappa shape index (κ1) is 21.0. The van der Waals surface area contributed by atoms with Crippen molar-refractivity contribution in [2.75, 3.05) is 5.75 Å². The molecule has 1 heterocycles. The van der Waals surface area contributed by atoms with Crippen molar-refractivity contribution in [1.82, 2.24) is 9.55 Å². The third-order valence-corrected chi connectivity index (χ3v) is 5.51. The topological polar surface area (TPSA) is 52.0 Å². The highest BCUT2D eigenvalue weighted by Gasteiger charge is 2.33. The van der Waals surface area contributed by atoms with Crippen LogP contribution in [-0.4, -0.2) is 29.9 Å². The summed E-state index contributed by atoms with van der Waals surface area (Å²) in [6, 6.07) is 2.20. The smallest absolute Gasteiger partial charge is 0.328 e. The lowest BCUT2D eigenvalue weighted by atomic mass is 10.1. The normalized spacial score (nSPS) is 13.5. The summed E-state index contributed by atoms with van der Waals surface area (Å²) in [5.74, 6) is -0.581. The van der Waals surface area contributed by atoms with Crippen LogP contribution in [0.1, 0.15) is 18.3 Å². The molecule has 0 fully saturated rings. The van der Waals surface area contributed by atoms with E-state index in [0.29, 0.717) is 18.2 Å². The van der Waals surface area contributed by atoms with Crippen molar-refractivity contribution < 1.29 is 34.8 Å². The Labute approximate surface area is 151 Å². The van der Waals surface area contributed by atoms with Gasteiger partial charge < -0.3 is 4.57 Å². The number of imidazole rings is 1. The van der Waals surface area contributed by atoms with E-state index in [-0.39, 0.29) is 23.2 Å². The van der Waals surface area contributed by atoms with E-state index in [0.717, 1.165) is 12.3 Å². The lowest BCUT2D eigenvalue weighted by molar-refractivity contribution is -0.137. The van der Waals surface area contributed by atoms with Crippen LogP contribution in [-0.2, 0) is 23.1 Å². The molecule has 27 heavy (non-hydrogen) atoms. The van der Waals surface area contributed by atoms with E-state index in [4.69, 9.17) is 0 Å². The number of halogens is 6. The van der Waals surface area contributed by atoms with Gasteiger partial charge in [-0.1, -0.05) is 13.0 Å². The summed E-state index contributed by atoms with van der Waals surface area (Å²) >= 11 is 0. The second kappa shape index (κ2) is 7.02. The molecule has 0 saturated heterocycles. The largest absolute Gasteiger partial charge is 0.416 e. The number of benzene rings is 1. The fourth-order valence-electron chi connectivity index (χ4n) is 2.32. The van der Waals surface area contributed by atoms with Gasteiger partial charge in [-0.25, -0.2) is 13.4 Å². The van der Waals surface area contributed by atoms with Crippen LogP contribution in [0.2, 0.25) is 0 Å². The maximum Gasteiger partial charge on any atom is 0.416 e. The van der Waals surface area contributed by atoms with E-state index in [9.17, 15) is 34.8 Å². The Morgan fingerprint density at radius 2 is 1.78 bits per heavy atom. The zero-order chi connectivity index (χ0) is 20.6. The highest BCUT2D eigenvalue weighted by molar-refractivity contribution is 7.91. The number of hydrogen-bond donors (Lipinski definition) is 0. The van der Waals surface area contributed by atoms with Crippen molar-refractivity contribution in [3.05, 3.63) is 41.9 Å². The molecule has 0 aliphatic heterocycles. The summed E-state index contributed by atoms with van der Waals surface area (Å²) in [6.07, 6.45) is -7.58. The molecule has 1 aromatic carbocycles. The average Bonchev–Trinajstić information content (AvgIpc) is 2.91. The van der Waals surface area contributed by atoms with Gasteiger partial charge in [-0.2, -0.15) is 26.3 Å². The maximum absolute atomic E-state index is 13.0. The lowest BCUT2D eigenvalue weighted by Gasteiger charge is -2.14. The summed E-state index contributed by atoms with van der Waals surface area (Å²) in [4.78, 5) is 3.21. The minimum Gasteiger partial charge on any atom is -0.328 e. The summed E-state index contributed by atoms with van der Waals surface area (Å²) in [6.45, 7) is 1.28. The first-order chi connectivity index (χ1) is 12.3. The highest BCUT2D eigenvalue weighted by Crippen LogP contribution is 2.36. The van der Waals surface area contributed by atoms with Crippen LogP contribution < -0.4 is 0 Å². The molecular formula is C16H14F6N2O2S. The van der Waals surface area contributed by atoms with Crippen molar-refractivity contribution in [2.45, 2.75) is 24.2 Å². The van der Waals surface area contributed by atoms with E-state index in [2.05, 4.69) is 4.98 Å². The Morgan fingerprint density at radius 1 is 1.15 bits per heavy atom. The predicted octanol–water partition coefficient (Wildman–Crippen LogP) is 4.48. The van der Waals surface area contributed by atoms with Crippen LogP contribution >= 0.6 is 0 Å². The minimum atomic E-state index is -4.75. The van der Waals surface area contributed by atoms with Crippen LogP contribution in [0.5, 0.6) is 0 Å². The Bertz CT molecular complexity index is 972. The quantitative estimate of drug-likeness (QED) is 0.696. The molecule has 4 nitrogen and oxygen atoms in total. The van der Waals surface area contributed by atoms with Crippen molar-refractivity contribution in [3.8, 4) is 11.3 Å². The summed E-state index contributed by atoms with van der Waals surface area (Å²) in [7, 11) is -2.71. The van der Waals surface area contributed by atoms with Gasteiger partial charge in [0.05, 0.1) is 28.1 Å². The number of allylic oxidation sites excluding steroid dienone is 1. The van der Waals surface area contributed by atoms with Gasteiger partial charge in [0, 0.05) is 18.7 Å². The second-order valence-electron chi connectivity index (χ2n) is 5.55. The van der Waals surface area contributed by atoms with Crippen LogP contribution in [0.4, 0.5) is 26.3 Å². The second-order valence-corrected chi connectivity index (χ2v) is 7.79. The Kier molecular flexibility index (Phi) is 5.46. The zero-order valence-corrected chi connectivity index (χ0v) is 14.9. The summed E-state index contributed by atoms with van der Waals surface area (Å²) in [5, 5.41) is 0. The van der Waals surface area contributed by atoms with Gasteiger partial charge in [-0.3, -0.25) is 0 Å². The van der Waals surface area contributed by atoms with E-state index in [1.807, 2.05) is 0 Å². The first-order valence-electron chi connectivity index (χ1n) is 7.48. The van der Waals surface area contributed by atoms with Crippen LogP contribution in [0.25, 0.3) is 17.3 Å². The van der Waals surface area contributed by atoms with Gasteiger partial charge in [0.1, 0.15) is 5.82 Å². The molecule has 0 atom stereocenters. The molecule has 148 valence electrons. The molecule has 0 bridgehead atoms. The molecule has 1 aromatic heterocycles. The molecule has 0 radical (unpaired) electrons. The van der Waals surface area contributed by atoms with E-state index >= 15 is 0 Å². The van der Waals surface area contributed by atoms with Gasteiger partial charge in [0.2, 0.25) is 0 Å². The number of rotatable bonds is 4. The number of nitrogens with zero attached hydrogens (tertiary/aromatic N) is 2. The monoisotopic (exact) mass is 412 g/mol. The molecule has 0 aliphatic rings. The average molecular weight is 412 g/mol. The summed E-state index contributed by atoms with van der Waals surface area (Å²) in [5.41, 5.74) is -1.15. The molecule has 0 unspecified atom stereocenters. The van der Waals surface area contributed by atoms with Crippen LogP contribution in [0.15, 0.2) is 35.4 Å². The minimum absolute atomic E-state index is 0.0461. The number of sulfone groups is 1. The van der Waals surface area contributed by atoms with E-state index < -0.39 is 38.4 Å². The van der Waals surface area contributed by atoms with Crippen LogP contribution in [0.3, 0.4) is 0 Å². The predicted molar refractivity (Wildman–Crippen MR) is 86.5 cm³/mol. The van der Waals surface area contributed by atoms with Gasteiger partial charge >= 0.3 is 12.4 Å². The van der Waals surface area contributed by atoms with Gasteiger partial charge in [0.15, 0.2) is 9.84 Å². The highest BCUT2D eigenvalue weighted by atomic mass is 32.2. The van der Waals surface area contributed by atoms with Gasteiger partial charge in [-0.05, 0) is 18.2 Å². The molecule has 11 heteroatoms. The molecule has 2 aromatic rings. The van der Waals surface area contributed by atoms with Gasteiger partial charge in [-0.15, -0.1) is 0 Å². The van der Waals surface area contributed by atoms with Crippen molar-refractivity contribution in [1.29, 1.82) is 0 Å². The van der Waals surface area contributed by atoms with E-state index in [1.54, 1.807) is 0 Å². The third-order valence-electron chi connectivity index (χ3n) is 3.75. The Hall–Kier alpha value is -2.30. The van der Waals surface area contributed by atoms with Crippen molar-refractivity contribution in [2.24, 2.45) is 7.05 Å². The summed E-state index contributed by atoms with van der Waals surface area (Å²) < 4.78 is 102. The maximum atomic E-state index is 13.0. The fourth-order valence-corrected chi connectivity index (χ4v) is 3.45. The fraction of sp³-hybridized carbons (Fsp3) is 0.312. The molecule has 0 N–H and O–H groups in total. The number of hydrogen-bond acceptors (Lipinski definition) is 3. The van der Waals surface area contributed by atoms with Crippen molar-refractivity contribution >= 4 is 15.9 Å². The molecular weight excluding hydrogens is 398 g/mol. The molecule has 0 amide bonds. The van der Waals surface area contributed by atoms with Crippen LogP contribution in [0, 0.1) is 0 Å². The Morgan fingerprint density at radius 3 is 2.30 bits per heavy atom. The van der Waals surface area contributed by atoms with E-state index in [1.165, 1.54) is 18.5 Å². The molecule has 0 aliphatic carbocycles. The zero-order valence-electron chi connectivity index (χ0n) is 14.1. The van der Waals surface area contributed by atoms with Crippen molar-refractivity contribution in [3.63, 3.8) is 0 Å². The third kappa shape index (κ3) is 4.71. The number of aromatic nitrogens is 2. The molecule has 0 saturated carbocycles. The first-order valence-corrected chi connectivity index (χ1v) is 9.13. The lowest BCUT2D eigenvalue weighted by Crippen LogP contribution is -2.11. The SMILES string of the molecule is CCS(=O)(=O)c1cc(C(F)(F)F)ccc1-c1cnc(/C=C/C(F)(F)F)n1C. The molecule has 0 spiro atoms.